The van der Waals surface area contributed by atoms with Crippen LogP contribution in [0, 0.1) is 6.92 Å². The Balaban J connectivity index is 1.75. The predicted octanol–water partition coefficient (Wildman–Crippen LogP) is 3.65. The Labute approximate surface area is 136 Å². The molecule has 3 rings (SSSR count). The number of benzene rings is 2. The van der Waals surface area contributed by atoms with E-state index < -0.39 is 0 Å². The largest absolute Gasteiger partial charge is 0.486 e. The highest BCUT2D eigenvalue weighted by atomic mass is 16.6. The molecule has 1 aliphatic heterocycles. The summed E-state index contributed by atoms with van der Waals surface area (Å²) >= 11 is 0. The van der Waals surface area contributed by atoms with Gasteiger partial charge in [-0.15, -0.1) is 0 Å². The highest BCUT2D eigenvalue weighted by molar-refractivity contribution is 5.95. The third kappa shape index (κ3) is 3.47. The fraction of sp³-hybridized carbons (Fsp3) is 0.316. The van der Waals surface area contributed by atoms with E-state index in [2.05, 4.69) is 43.4 Å². The first-order chi connectivity index (χ1) is 11.2. The molecule has 2 aromatic rings. The number of hydrogen-bond donors (Lipinski definition) is 1. The lowest BCUT2D eigenvalue weighted by atomic mass is 10.0. The first-order valence-electron chi connectivity index (χ1n) is 7.94. The number of ether oxygens (including phenoxy) is 2. The van der Waals surface area contributed by atoms with E-state index in [1.165, 1.54) is 5.56 Å². The lowest BCUT2D eigenvalue weighted by Gasteiger charge is -2.20. The second kappa shape index (κ2) is 6.73. The average molecular weight is 311 g/mol. The number of amides is 1. The van der Waals surface area contributed by atoms with Crippen LogP contribution in [0.1, 0.15) is 40.9 Å². The Morgan fingerprint density at radius 1 is 1.09 bits per heavy atom. The number of rotatable bonds is 4. The summed E-state index contributed by atoms with van der Waals surface area (Å²) in [4.78, 5) is 12.5. The molecule has 0 bridgehead atoms. The van der Waals surface area contributed by atoms with Gasteiger partial charge in [0.05, 0.1) is 6.04 Å². The van der Waals surface area contributed by atoms with E-state index in [1.54, 1.807) is 18.2 Å². The van der Waals surface area contributed by atoms with E-state index in [1.807, 2.05) is 0 Å². The van der Waals surface area contributed by atoms with Gasteiger partial charge in [0.2, 0.25) is 0 Å². The molecule has 0 radical (unpaired) electrons. The number of carbonyl (C=O) groups is 1. The van der Waals surface area contributed by atoms with E-state index in [4.69, 9.17) is 9.47 Å². The maximum Gasteiger partial charge on any atom is 0.251 e. The molecular formula is C19H21NO3. The van der Waals surface area contributed by atoms with Gasteiger partial charge in [-0.25, -0.2) is 0 Å². The minimum Gasteiger partial charge on any atom is -0.486 e. The maximum absolute atomic E-state index is 12.5. The fourth-order valence-electron chi connectivity index (χ4n) is 2.65. The Kier molecular flexibility index (Phi) is 4.51. The van der Waals surface area contributed by atoms with Crippen LogP contribution in [-0.2, 0) is 0 Å². The van der Waals surface area contributed by atoms with Crippen LogP contribution in [0.4, 0.5) is 0 Å². The molecule has 1 amide bonds. The van der Waals surface area contributed by atoms with E-state index >= 15 is 0 Å². The quantitative estimate of drug-likeness (QED) is 0.937. The van der Waals surface area contributed by atoms with Crippen molar-refractivity contribution in [2.45, 2.75) is 26.3 Å². The van der Waals surface area contributed by atoms with Crippen LogP contribution in [0.3, 0.4) is 0 Å². The molecule has 0 fully saturated rings. The van der Waals surface area contributed by atoms with Gasteiger partial charge in [-0.3, -0.25) is 4.79 Å². The van der Waals surface area contributed by atoms with Crippen LogP contribution < -0.4 is 14.8 Å². The highest BCUT2D eigenvalue weighted by Crippen LogP contribution is 2.31. The summed E-state index contributed by atoms with van der Waals surface area (Å²) in [7, 11) is 0. The summed E-state index contributed by atoms with van der Waals surface area (Å²) < 4.78 is 11.0. The molecule has 120 valence electrons. The van der Waals surface area contributed by atoms with Crippen LogP contribution in [0.5, 0.6) is 11.5 Å². The Morgan fingerprint density at radius 2 is 1.78 bits per heavy atom. The molecule has 4 heteroatoms. The maximum atomic E-state index is 12.5. The molecule has 1 aliphatic rings. The lowest BCUT2D eigenvalue weighted by molar-refractivity contribution is 0.0934. The van der Waals surface area contributed by atoms with E-state index in [9.17, 15) is 4.79 Å². The summed E-state index contributed by atoms with van der Waals surface area (Å²) in [5.41, 5.74) is 2.91. The summed E-state index contributed by atoms with van der Waals surface area (Å²) in [5.74, 6) is 1.22. The first kappa shape index (κ1) is 15.4. The lowest BCUT2D eigenvalue weighted by Crippen LogP contribution is -2.28. The number of fused-ring (bicyclic) bond motifs is 1. The van der Waals surface area contributed by atoms with Crippen molar-refractivity contribution in [3.8, 4) is 11.5 Å². The van der Waals surface area contributed by atoms with Gasteiger partial charge in [0.25, 0.3) is 5.91 Å². The van der Waals surface area contributed by atoms with Gasteiger partial charge in [-0.1, -0.05) is 36.8 Å². The third-order valence-electron chi connectivity index (χ3n) is 4.00. The normalized spacial score (nSPS) is 14.2. The van der Waals surface area contributed by atoms with Crippen LogP contribution in [-0.4, -0.2) is 19.1 Å². The van der Waals surface area contributed by atoms with Crippen molar-refractivity contribution < 1.29 is 14.3 Å². The van der Waals surface area contributed by atoms with Gasteiger partial charge in [0, 0.05) is 5.56 Å². The van der Waals surface area contributed by atoms with Crippen LogP contribution in [0.25, 0.3) is 0 Å². The van der Waals surface area contributed by atoms with Crippen LogP contribution in [0.2, 0.25) is 0 Å². The summed E-state index contributed by atoms with van der Waals surface area (Å²) in [6, 6.07) is 13.5. The van der Waals surface area contributed by atoms with Gasteiger partial charge in [-0.05, 0) is 37.1 Å². The minimum absolute atomic E-state index is 0.00343. The average Bonchev–Trinajstić information content (AvgIpc) is 2.60. The number of aryl methyl sites for hydroxylation is 1. The van der Waals surface area contributed by atoms with E-state index in [0.29, 0.717) is 30.3 Å². The van der Waals surface area contributed by atoms with E-state index in [0.717, 1.165) is 12.0 Å². The topological polar surface area (TPSA) is 47.6 Å². The van der Waals surface area contributed by atoms with Crippen molar-refractivity contribution in [1.82, 2.24) is 5.32 Å². The molecule has 1 N–H and O–H groups in total. The van der Waals surface area contributed by atoms with Crippen LogP contribution in [0.15, 0.2) is 42.5 Å². The Hall–Kier alpha value is -2.49. The Morgan fingerprint density at radius 3 is 2.48 bits per heavy atom. The van der Waals surface area contributed by atoms with Gasteiger partial charge in [0.15, 0.2) is 11.5 Å². The zero-order valence-corrected chi connectivity index (χ0v) is 13.5. The zero-order valence-electron chi connectivity index (χ0n) is 13.5. The van der Waals surface area contributed by atoms with Crippen molar-refractivity contribution in [1.29, 1.82) is 0 Å². The number of carbonyl (C=O) groups excluding carboxylic acids is 1. The first-order valence-corrected chi connectivity index (χ1v) is 7.94. The fourth-order valence-corrected chi connectivity index (χ4v) is 2.65. The number of nitrogens with one attached hydrogen (secondary N) is 1. The smallest absolute Gasteiger partial charge is 0.251 e. The van der Waals surface area contributed by atoms with Gasteiger partial charge in [0.1, 0.15) is 13.2 Å². The van der Waals surface area contributed by atoms with Gasteiger partial charge in [-0.2, -0.15) is 0 Å². The summed E-state index contributed by atoms with van der Waals surface area (Å²) in [6.07, 6.45) is 0.833. The summed E-state index contributed by atoms with van der Waals surface area (Å²) in [6.45, 7) is 5.18. The monoisotopic (exact) mass is 311 g/mol. The SMILES string of the molecule is CC[C@H](NC(=O)c1ccc2c(c1)OCCO2)c1ccc(C)cc1. The van der Waals surface area contributed by atoms with Crippen molar-refractivity contribution in [3.05, 3.63) is 59.2 Å². The number of hydrogen-bond acceptors (Lipinski definition) is 3. The molecule has 0 saturated heterocycles. The molecule has 0 aromatic heterocycles. The molecule has 0 unspecified atom stereocenters. The zero-order chi connectivity index (χ0) is 16.2. The molecule has 4 nitrogen and oxygen atoms in total. The van der Waals surface area contributed by atoms with Crippen molar-refractivity contribution in [2.24, 2.45) is 0 Å². The highest BCUT2D eigenvalue weighted by Gasteiger charge is 2.17. The molecule has 0 saturated carbocycles. The second-order valence-corrected chi connectivity index (χ2v) is 5.70. The molecule has 2 aromatic carbocycles. The third-order valence-corrected chi connectivity index (χ3v) is 4.00. The molecule has 0 aliphatic carbocycles. The van der Waals surface area contributed by atoms with Crippen molar-refractivity contribution in [2.75, 3.05) is 13.2 Å². The Bertz CT molecular complexity index is 694. The van der Waals surface area contributed by atoms with Crippen molar-refractivity contribution >= 4 is 5.91 Å². The summed E-state index contributed by atoms with van der Waals surface area (Å²) in [5, 5.41) is 3.09. The standard InChI is InChI=1S/C19H21NO3/c1-3-16(14-6-4-13(2)5-7-14)20-19(21)15-8-9-17-18(12-15)23-11-10-22-17/h4-9,12,16H,3,10-11H2,1-2H3,(H,20,21)/t16-/m0/s1. The minimum atomic E-state index is -0.102. The molecule has 1 atom stereocenters. The second-order valence-electron chi connectivity index (χ2n) is 5.70. The van der Waals surface area contributed by atoms with Crippen LogP contribution >= 0.6 is 0 Å². The molecule has 0 spiro atoms. The van der Waals surface area contributed by atoms with Gasteiger partial charge >= 0.3 is 0 Å². The van der Waals surface area contributed by atoms with Crippen molar-refractivity contribution in [3.63, 3.8) is 0 Å². The predicted molar refractivity (Wildman–Crippen MR) is 89.1 cm³/mol. The van der Waals surface area contributed by atoms with Gasteiger partial charge < -0.3 is 14.8 Å². The molecular weight excluding hydrogens is 290 g/mol. The van der Waals surface area contributed by atoms with E-state index in [-0.39, 0.29) is 11.9 Å². The molecule has 1 heterocycles. The molecule has 23 heavy (non-hydrogen) atoms.